The lowest BCUT2D eigenvalue weighted by atomic mass is 10.2. The van der Waals surface area contributed by atoms with E-state index in [1.54, 1.807) is 11.3 Å². The molecule has 1 atom stereocenters. The monoisotopic (exact) mass is 370 g/mol. The normalized spacial score (nSPS) is 23.4. The lowest BCUT2D eigenvalue weighted by molar-refractivity contribution is 0.190. The number of hydrogen-bond donors (Lipinski definition) is 1. The van der Waals surface area contributed by atoms with E-state index in [0.717, 1.165) is 34.0 Å². The summed E-state index contributed by atoms with van der Waals surface area (Å²) in [7, 11) is 0. The lowest BCUT2D eigenvalue weighted by Crippen LogP contribution is -2.37. The SMILES string of the molecule is Cl.Clc1sc(CN(C2CC2)C2CCNC2)cc1Br. The molecule has 0 spiro atoms. The highest BCUT2D eigenvalue weighted by Crippen LogP contribution is 2.36. The molecule has 2 fully saturated rings. The van der Waals surface area contributed by atoms with Crippen LogP contribution in [0.2, 0.25) is 4.34 Å². The summed E-state index contributed by atoms with van der Waals surface area (Å²) in [5.41, 5.74) is 0. The molecule has 3 rings (SSSR count). The molecular weight excluding hydrogens is 355 g/mol. The molecule has 2 aliphatic rings. The Hall–Kier alpha value is 0.680. The van der Waals surface area contributed by atoms with Crippen LogP contribution in [0.3, 0.4) is 0 Å². The van der Waals surface area contributed by atoms with Crippen LogP contribution < -0.4 is 5.32 Å². The molecule has 102 valence electrons. The van der Waals surface area contributed by atoms with Crippen molar-refractivity contribution < 1.29 is 0 Å². The van der Waals surface area contributed by atoms with Crippen molar-refractivity contribution in [1.82, 2.24) is 10.2 Å². The van der Waals surface area contributed by atoms with Crippen molar-refractivity contribution in [3.8, 4) is 0 Å². The Morgan fingerprint density at radius 3 is 2.67 bits per heavy atom. The van der Waals surface area contributed by atoms with E-state index in [1.165, 1.54) is 30.7 Å². The van der Waals surface area contributed by atoms with E-state index < -0.39 is 0 Å². The second-order valence-electron chi connectivity index (χ2n) is 4.88. The zero-order valence-corrected chi connectivity index (χ0v) is 14.0. The van der Waals surface area contributed by atoms with Crippen LogP contribution >= 0.6 is 51.3 Å². The number of hydrogen-bond acceptors (Lipinski definition) is 3. The smallest absolute Gasteiger partial charge is 0.107 e. The number of nitrogens with one attached hydrogen (secondary N) is 1. The zero-order valence-electron chi connectivity index (χ0n) is 9.99. The summed E-state index contributed by atoms with van der Waals surface area (Å²) < 4.78 is 1.92. The van der Waals surface area contributed by atoms with Crippen LogP contribution in [0.5, 0.6) is 0 Å². The van der Waals surface area contributed by atoms with Crippen LogP contribution in [0.4, 0.5) is 0 Å². The van der Waals surface area contributed by atoms with Crippen LogP contribution in [-0.4, -0.2) is 30.1 Å². The Kier molecular flexibility index (Phi) is 5.38. The largest absolute Gasteiger partial charge is 0.315 e. The average Bonchev–Trinajstić information content (AvgIpc) is 2.89. The first-order chi connectivity index (χ1) is 8.24. The summed E-state index contributed by atoms with van der Waals surface area (Å²) >= 11 is 11.3. The maximum Gasteiger partial charge on any atom is 0.107 e. The van der Waals surface area contributed by atoms with Crippen molar-refractivity contribution in [2.45, 2.75) is 37.9 Å². The van der Waals surface area contributed by atoms with E-state index in [4.69, 9.17) is 11.6 Å². The molecule has 1 aromatic rings. The molecule has 0 aromatic carbocycles. The topological polar surface area (TPSA) is 15.3 Å². The average molecular weight is 372 g/mol. The first-order valence-corrected chi connectivity index (χ1v) is 8.13. The van der Waals surface area contributed by atoms with Crippen LogP contribution in [0, 0.1) is 0 Å². The Labute approximate surface area is 132 Å². The minimum atomic E-state index is 0. The van der Waals surface area contributed by atoms with Crippen LogP contribution in [0.15, 0.2) is 10.5 Å². The van der Waals surface area contributed by atoms with E-state index in [-0.39, 0.29) is 12.4 Å². The summed E-state index contributed by atoms with van der Waals surface area (Å²) in [5, 5.41) is 3.46. The molecule has 1 aromatic heterocycles. The van der Waals surface area contributed by atoms with Crippen molar-refractivity contribution in [3.63, 3.8) is 0 Å². The third-order valence-corrected chi connectivity index (χ3v) is 6.01. The first kappa shape index (κ1) is 15.1. The van der Waals surface area contributed by atoms with Gasteiger partial charge in [0, 0.05) is 34.5 Å². The van der Waals surface area contributed by atoms with Gasteiger partial charge in [0.2, 0.25) is 0 Å². The van der Waals surface area contributed by atoms with Gasteiger partial charge < -0.3 is 5.32 Å². The number of nitrogens with zero attached hydrogens (tertiary/aromatic N) is 1. The highest BCUT2D eigenvalue weighted by Gasteiger charge is 2.35. The molecule has 2 heterocycles. The Balaban J connectivity index is 0.00000120. The van der Waals surface area contributed by atoms with Gasteiger partial charge in [-0.1, -0.05) is 11.6 Å². The summed E-state index contributed by atoms with van der Waals surface area (Å²) in [6.45, 7) is 3.38. The van der Waals surface area contributed by atoms with E-state index >= 15 is 0 Å². The second-order valence-corrected chi connectivity index (χ2v) is 7.48. The highest BCUT2D eigenvalue weighted by atomic mass is 79.9. The Morgan fingerprint density at radius 1 is 1.39 bits per heavy atom. The molecule has 1 saturated carbocycles. The molecule has 1 unspecified atom stereocenters. The standard InChI is InChI=1S/C12H16BrClN2S.ClH/c13-11-5-10(17-12(11)14)7-16(8-1-2-8)9-3-4-15-6-9;/h5,8-9,15H,1-4,6-7H2;1H. The third-order valence-electron chi connectivity index (χ3n) is 3.55. The molecule has 1 aliphatic heterocycles. The summed E-state index contributed by atoms with van der Waals surface area (Å²) in [6.07, 6.45) is 4.03. The maximum absolute atomic E-state index is 6.11. The van der Waals surface area contributed by atoms with E-state index in [1.807, 2.05) is 0 Å². The van der Waals surface area contributed by atoms with Gasteiger partial charge in [-0.05, 0) is 47.8 Å². The van der Waals surface area contributed by atoms with Crippen molar-refractivity contribution in [2.75, 3.05) is 13.1 Å². The fraction of sp³-hybridized carbons (Fsp3) is 0.667. The number of halogens is 3. The maximum atomic E-state index is 6.11. The fourth-order valence-corrected chi connectivity index (χ4v) is 4.33. The van der Waals surface area contributed by atoms with E-state index in [2.05, 4.69) is 32.2 Å². The minimum Gasteiger partial charge on any atom is -0.315 e. The van der Waals surface area contributed by atoms with Crippen LogP contribution in [0.25, 0.3) is 0 Å². The van der Waals surface area contributed by atoms with Crippen molar-refractivity contribution in [1.29, 1.82) is 0 Å². The van der Waals surface area contributed by atoms with Crippen molar-refractivity contribution in [2.24, 2.45) is 0 Å². The predicted octanol–water partition coefficient (Wildman–Crippen LogP) is 3.91. The lowest BCUT2D eigenvalue weighted by Gasteiger charge is -2.27. The summed E-state index contributed by atoms with van der Waals surface area (Å²) in [5.74, 6) is 0. The van der Waals surface area contributed by atoms with Gasteiger partial charge in [0.05, 0.1) is 0 Å². The summed E-state index contributed by atoms with van der Waals surface area (Å²) in [6, 6.07) is 3.71. The van der Waals surface area contributed by atoms with Gasteiger partial charge in [-0.25, -0.2) is 0 Å². The van der Waals surface area contributed by atoms with Gasteiger partial charge in [0.1, 0.15) is 4.34 Å². The Morgan fingerprint density at radius 2 is 2.17 bits per heavy atom. The number of rotatable bonds is 4. The highest BCUT2D eigenvalue weighted by molar-refractivity contribution is 9.10. The zero-order chi connectivity index (χ0) is 11.8. The minimum absolute atomic E-state index is 0. The van der Waals surface area contributed by atoms with Crippen molar-refractivity contribution in [3.05, 3.63) is 19.8 Å². The summed E-state index contributed by atoms with van der Waals surface area (Å²) in [4.78, 5) is 4.05. The predicted molar refractivity (Wildman–Crippen MR) is 84.1 cm³/mol. The van der Waals surface area contributed by atoms with Crippen LogP contribution in [-0.2, 0) is 6.54 Å². The van der Waals surface area contributed by atoms with Gasteiger partial charge in [-0.15, -0.1) is 23.7 Å². The van der Waals surface area contributed by atoms with Crippen molar-refractivity contribution >= 4 is 51.3 Å². The van der Waals surface area contributed by atoms with Gasteiger partial charge >= 0.3 is 0 Å². The molecule has 2 nitrogen and oxygen atoms in total. The molecular formula is C12H17BrCl2N2S. The second kappa shape index (κ2) is 6.42. The molecule has 0 amide bonds. The molecule has 18 heavy (non-hydrogen) atoms. The Bertz CT molecular complexity index is 383. The van der Waals surface area contributed by atoms with Gasteiger partial charge in [-0.2, -0.15) is 0 Å². The van der Waals surface area contributed by atoms with Gasteiger partial charge in [-0.3, -0.25) is 4.90 Å². The molecule has 1 aliphatic carbocycles. The number of thiophene rings is 1. The first-order valence-electron chi connectivity index (χ1n) is 6.14. The fourth-order valence-electron chi connectivity index (χ4n) is 2.53. The molecule has 6 heteroatoms. The molecule has 1 saturated heterocycles. The molecule has 0 bridgehead atoms. The van der Waals surface area contributed by atoms with E-state index in [9.17, 15) is 0 Å². The van der Waals surface area contributed by atoms with E-state index in [0.29, 0.717) is 0 Å². The quantitative estimate of drug-likeness (QED) is 0.862. The van der Waals surface area contributed by atoms with Crippen LogP contribution in [0.1, 0.15) is 24.1 Å². The van der Waals surface area contributed by atoms with Gasteiger partial charge in [0.15, 0.2) is 0 Å². The molecule has 1 N–H and O–H groups in total. The molecule has 0 radical (unpaired) electrons. The third kappa shape index (κ3) is 3.41. The van der Waals surface area contributed by atoms with Gasteiger partial charge in [0.25, 0.3) is 0 Å².